The number of nitrogens with zero attached hydrogens (tertiary/aromatic N) is 2. The molecule has 2 aromatic rings. The zero-order chi connectivity index (χ0) is 21.5. The van der Waals surface area contributed by atoms with Gasteiger partial charge in [0.05, 0.1) is 30.5 Å². The molecule has 0 spiro atoms. The highest BCUT2D eigenvalue weighted by atomic mass is 32.2. The minimum absolute atomic E-state index is 0.0164. The molecule has 0 amide bonds. The second-order valence-corrected chi connectivity index (χ2v) is 10.1. The van der Waals surface area contributed by atoms with Gasteiger partial charge in [0, 0.05) is 28.9 Å². The van der Waals surface area contributed by atoms with E-state index in [4.69, 9.17) is 0 Å². The molecule has 2 atom stereocenters. The molecule has 0 bridgehead atoms. The summed E-state index contributed by atoms with van der Waals surface area (Å²) in [6, 6.07) is 10.6. The van der Waals surface area contributed by atoms with Crippen LogP contribution < -0.4 is 0 Å². The van der Waals surface area contributed by atoms with E-state index in [1.807, 2.05) is 12.1 Å². The van der Waals surface area contributed by atoms with Crippen LogP contribution in [0.1, 0.15) is 42.5 Å². The first-order chi connectivity index (χ1) is 14.3. The van der Waals surface area contributed by atoms with Gasteiger partial charge in [-0.1, -0.05) is 32.0 Å². The van der Waals surface area contributed by atoms with Crippen LogP contribution in [0.5, 0.6) is 0 Å². The van der Waals surface area contributed by atoms with Crippen molar-refractivity contribution >= 4 is 10.8 Å². The van der Waals surface area contributed by atoms with E-state index in [1.54, 1.807) is 6.07 Å². The number of quaternary nitrogens is 1. The molecule has 2 aliphatic rings. The molecule has 1 saturated heterocycles. The molecule has 2 unspecified atom stereocenters. The molecule has 2 heterocycles. The van der Waals surface area contributed by atoms with E-state index < -0.39 is 10.8 Å². The highest BCUT2D eigenvalue weighted by Crippen LogP contribution is 2.39. The van der Waals surface area contributed by atoms with E-state index in [9.17, 15) is 18.9 Å². The van der Waals surface area contributed by atoms with Gasteiger partial charge in [0.15, 0.2) is 0 Å². The molecule has 5 nitrogen and oxygen atoms in total. The van der Waals surface area contributed by atoms with Crippen molar-refractivity contribution in [1.29, 1.82) is 0 Å². The minimum atomic E-state index is -1.45. The summed E-state index contributed by atoms with van der Waals surface area (Å²) in [5, 5.41) is 22.0. The van der Waals surface area contributed by atoms with Crippen molar-refractivity contribution in [3.63, 3.8) is 0 Å². The number of halogens is 1. The number of hydroxylamine groups is 3. The Morgan fingerprint density at radius 1 is 1.20 bits per heavy atom. The lowest BCUT2D eigenvalue weighted by molar-refractivity contribution is -0.885. The molecule has 7 heteroatoms. The lowest BCUT2D eigenvalue weighted by atomic mass is 9.93. The summed E-state index contributed by atoms with van der Waals surface area (Å²) in [5.41, 5.74) is 3.09. The van der Waals surface area contributed by atoms with Gasteiger partial charge in [-0.2, -0.15) is 0 Å². The Morgan fingerprint density at radius 2 is 1.93 bits per heavy atom. The van der Waals surface area contributed by atoms with E-state index in [2.05, 4.69) is 24.8 Å². The number of rotatable bonds is 4. The van der Waals surface area contributed by atoms with Gasteiger partial charge in [-0.15, -0.1) is 0 Å². The second kappa shape index (κ2) is 8.48. The maximum Gasteiger partial charge on any atom is 0.124 e. The van der Waals surface area contributed by atoms with Crippen molar-refractivity contribution in [2.75, 3.05) is 39.3 Å². The summed E-state index contributed by atoms with van der Waals surface area (Å²) in [5.74, 6) is -0.0411. The zero-order valence-corrected chi connectivity index (χ0v) is 18.3. The summed E-state index contributed by atoms with van der Waals surface area (Å²) >= 11 is 0. The molecule has 2 aromatic carbocycles. The molecule has 0 saturated carbocycles. The van der Waals surface area contributed by atoms with Crippen LogP contribution in [0.25, 0.3) is 0 Å². The quantitative estimate of drug-likeness (QED) is 0.595. The maximum atomic E-state index is 14.0. The van der Waals surface area contributed by atoms with Crippen LogP contribution in [0.15, 0.2) is 46.2 Å². The lowest BCUT2D eigenvalue weighted by Gasteiger charge is -2.49. The Kier molecular flexibility index (Phi) is 6.10. The van der Waals surface area contributed by atoms with E-state index in [-0.39, 0.29) is 29.7 Å². The zero-order valence-electron chi connectivity index (χ0n) is 17.5. The van der Waals surface area contributed by atoms with Gasteiger partial charge in [0.1, 0.15) is 12.4 Å². The van der Waals surface area contributed by atoms with E-state index in [0.29, 0.717) is 43.4 Å². The highest BCUT2D eigenvalue weighted by molar-refractivity contribution is 7.85. The van der Waals surface area contributed by atoms with Crippen LogP contribution in [0.3, 0.4) is 0 Å². The number of benzene rings is 2. The Bertz CT molecular complexity index is 957. The molecular weight excluding hydrogens is 403 g/mol. The van der Waals surface area contributed by atoms with Crippen LogP contribution >= 0.6 is 0 Å². The maximum absolute atomic E-state index is 14.0. The summed E-state index contributed by atoms with van der Waals surface area (Å²) in [4.78, 5) is 3.57. The third-order valence-electron chi connectivity index (χ3n) is 6.44. The summed E-state index contributed by atoms with van der Waals surface area (Å²) in [7, 11) is -1.45. The smallest absolute Gasteiger partial charge is 0.124 e. The van der Waals surface area contributed by atoms with Crippen molar-refractivity contribution < 1.29 is 18.4 Å². The largest absolute Gasteiger partial charge is 0.633 e. The fourth-order valence-corrected chi connectivity index (χ4v) is 6.00. The average Bonchev–Trinajstić information content (AvgIpc) is 2.83. The Hall–Kier alpha value is -1.64. The minimum Gasteiger partial charge on any atom is -0.633 e. The fourth-order valence-electron chi connectivity index (χ4n) is 4.55. The molecular formula is C23H29FN2O3S. The number of piperazine rings is 1. The van der Waals surface area contributed by atoms with Crippen molar-refractivity contribution in [1.82, 2.24) is 4.90 Å². The normalized spacial score (nSPS) is 23.7. The number of fused-ring (bicyclic) bond motifs is 2. The number of aliphatic hydroxyl groups is 1. The molecule has 30 heavy (non-hydrogen) atoms. The van der Waals surface area contributed by atoms with Crippen molar-refractivity contribution in [2.24, 2.45) is 0 Å². The van der Waals surface area contributed by atoms with Gasteiger partial charge in [-0.3, -0.25) is 4.90 Å². The molecule has 2 aliphatic heterocycles. The molecule has 4 rings (SSSR count). The number of hydrogen-bond donors (Lipinski definition) is 1. The first-order valence-electron chi connectivity index (χ1n) is 10.6. The SMILES string of the molecule is CC(C)c1ccc2c(c1)C(N1CC[N+]([O-])(CCO)CC1)Cc1ccc(F)cc1S2=O. The van der Waals surface area contributed by atoms with E-state index in [1.165, 1.54) is 17.7 Å². The van der Waals surface area contributed by atoms with Crippen LogP contribution in [0.4, 0.5) is 4.39 Å². The number of aliphatic hydroxyl groups excluding tert-OH is 1. The third-order valence-corrected chi connectivity index (χ3v) is 7.99. The number of hydrogen-bond acceptors (Lipinski definition) is 4. The summed E-state index contributed by atoms with van der Waals surface area (Å²) in [6.07, 6.45) is 0.634. The third kappa shape index (κ3) is 4.09. The van der Waals surface area contributed by atoms with Crippen LogP contribution in [-0.4, -0.2) is 58.2 Å². The monoisotopic (exact) mass is 432 g/mol. The second-order valence-electron chi connectivity index (χ2n) is 8.68. The van der Waals surface area contributed by atoms with Gasteiger partial charge >= 0.3 is 0 Å². The lowest BCUT2D eigenvalue weighted by Crippen LogP contribution is -2.57. The average molecular weight is 433 g/mol. The first kappa shape index (κ1) is 21.6. The summed E-state index contributed by atoms with van der Waals surface area (Å²) in [6.45, 7) is 6.46. The standard InChI is InChI=1S/C23H29FN2O3S/c1-16(2)17-4-6-22-20(13-17)21(25-7-9-26(28,10-8-25)11-12-27)14-18-3-5-19(24)15-23(18)30(22)29/h3-6,13,15-16,21,27H,7-12,14H2,1-2H3. The van der Waals surface area contributed by atoms with Gasteiger partial charge in [0.25, 0.3) is 0 Å². The van der Waals surface area contributed by atoms with E-state index in [0.717, 1.165) is 16.0 Å². The van der Waals surface area contributed by atoms with Gasteiger partial charge in [-0.05, 0) is 47.2 Å². The Labute approximate surface area is 179 Å². The van der Waals surface area contributed by atoms with Crippen LogP contribution in [0.2, 0.25) is 0 Å². The Morgan fingerprint density at radius 3 is 2.60 bits per heavy atom. The van der Waals surface area contributed by atoms with E-state index >= 15 is 0 Å². The molecule has 0 aliphatic carbocycles. The fraction of sp³-hybridized carbons (Fsp3) is 0.478. The molecule has 1 fully saturated rings. The molecule has 0 radical (unpaired) electrons. The predicted octanol–water partition coefficient (Wildman–Crippen LogP) is 3.34. The van der Waals surface area contributed by atoms with Crippen molar-refractivity contribution in [2.45, 2.75) is 42.0 Å². The van der Waals surface area contributed by atoms with Crippen LogP contribution in [-0.2, 0) is 17.2 Å². The van der Waals surface area contributed by atoms with Gasteiger partial charge in [-0.25, -0.2) is 8.60 Å². The molecule has 0 aromatic heterocycles. The summed E-state index contributed by atoms with van der Waals surface area (Å²) < 4.78 is 27.0. The first-order valence-corrected chi connectivity index (χ1v) is 11.7. The molecule has 162 valence electrons. The van der Waals surface area contributed by atoms with Crippen LogP contribution in [0, 0.1) is 11.0 Å². The van der Waals surface area contributed by atoms with Gasteiger partial charge in [0.2, 0.25) is 0 Å². The highest BCUT2D eigenvalue weighted by Gasteiger charge is 2.35. The molecule has 1 N–H and O–H groups in total. The van der Waals surface area contributed by atoms with Crippen molar-refractivity contribution in [3.05, 3.63) is 64.1 Å². The van der Waals surface area contributed by atoms with Gasteiger partial charge < -0.3 is 15.0 Å². The van der Waals surface area contributed by atoms with Crippen molar-refractivity contribution in [3.8, 4) is 0 Å². The topological polar surface area (TPSA) is 63.6 Å². The predicted molar refractivity (Wildman–Crippen MR) is 115 cm³/mol. The Balaban J connectivity index is 1.76.